The predicted octanol–water partition coefficient (Wildman–Crippen LogP) is 3.29. The monoisotopic (exact) mass is 421 g/mol. The number of nitrogens with zero attached hydrogens (tertiary/aromatic N) is 2. The smallest absolute Gasteiger partial charge is 0.251 e. The summed E-state index contributed by atoms with van der Waals surface area (Å²) in [5.74, 6) is 0.746. The van der Waals surface area contributed by atoms with Crippen molar-refractivity contribution < 1.29 is 4.79 Å². The Bertz CT molecular complexity index is 839. The number of benzene rings is 2. The van der Waals surface area contributed by atoms with Crippen LogP contribution in [0.1, 0.15) is 53.7 Å². The first-order valence-electron chi connectivity index (χ1n) is 11.4. The molecule has 0 aliphatic carbocycles. The summed E-state index contributed by atoms with van der Waals surface area (Å²) < 4.78 is 0. The second kappa shape index (κ2) is 12.1. The molecule has 2 aromatic carbocycles. The van der Waals surface area contributed by atoms with E-state index in [2.05, 4.69) is 57.0 Å². The van der Waals surface area contributed by atoms with E-state index >= 15 is 0 Å². The van der Waals surface area contributed by atoms with Crippen LogP contribution in [0, 0.1) is 0 Å². The molecule has 1 aliphatic heterocycles. The Morgan fingerprint density at radius 3 is 2.10 bits per heavy atom. The van der Waals surface area contributed by atoms with Crippen molar-refractivity contribution in [3.63, 3.8) is 0 Å². The lowest BCUT2D eigenvalue weighted by atomic mass is 10.1. The maximum atomic E-state index is 11.9. The molecule has 0 atom stereocenters. The van der Waals surface area contributed by atoms with Gasteiger partial charge in [0, 0.05) is 31.7 Å². The van der Waals surface area contributed by atoms with Gasteiger partial charge in [-0.25, -0.2) is 4.99 Å². The van der Waals surface area contributed by atoms with Crippen LogP contribution in [0.5, 0.6) is 0 Å². The van der Waals surface area contributed by atoms with Crippen LogP contribution in [0.4, 0.5) is 0 Å². The van der Waals surface area contributed by atoms with Gasteiger partial charge in [-0.1, -0.05) is 36.4 Å². The first-order valence-corrected chi connectivity index (χ1v) is 11.4. The van der Waals surface area contributed by atoms with E-state index in [1.165, 1.54) is 37.1 Å². The van der Waals surface area contributed by atoms with Crippen molar-refractivity contribution in [3.8, 4) is 0 Å². The summed E-state index contributed by atoms with van der Waals surface area (Å²) in [6.45, 7) is 10.2. The molecule has 3 N–H and O–H groups in total. The molecule has 31 heavy (non-hydrogen) atoms. The van der Waals surface area contributed by atoms with Crippen molar-refractivity contribution in [3.05, 3.63) is 70.8 Å². The largest absolute Gasteiger partial charge is 0.357 e. The Morgan fingerprint density at radius 1 is 0.839 bits per heavy atom. The molecule has 1 aliphatic rings. The number of hydrogen-bond donors (Lipinski definition) is 3. The molecule has 6 heteroatoms. The van der Waals surface area contributed by atoms with Gasteiger partial charge >= 0.3 is 0 Å². The lowest BCUT2D eigenvalue weighted by Gasteiger charge is -2.15. The van der Waals surface area contributed by atoms with E-state index in [1.54, 1.807) is 0 Å². The second-order valence-electron chi connectivity index (χ2n) is 7.90. The fraction of sp³-hybridized carbons (Fsp3) is 0.440. The third kappa shape index (κ3) is 7.40. The van der Waals surface area contributed by atoms with Crippen LogP contribution in [0.2, 0.25) is 0 Å². The van der Waals surface area contributed by atoms with Crippen LogP contribution in [0.3, 0.4) is 0 Å². The van der Waals surface area contributed by atoms with Crippen LogP contribution in [0.25, 0.3) is 0 Å². The number of rotatable bonds is 9. The number of guanidine groups is 1. The van der Waals surface area contributed by atoms with Crippen molar-refractivity contribution in [2.75, 3.05) is 26.2 Å². The number of carbonyl (C=O) groups is 1. The first kappa shape index (κ1) is 22.8. The number of likely N-dealkylation sites (tertiary alicyclic amines) is 1. The average molecular weight is 422 g/mol. The highest BCUT2D eigenvalue weighted by Gasteiger charge is 2.11. The summed E-state index contributed by atoms with van der Waals surface area (Å²) >= 11 is 0. The Labute approximate surface area is 186 Å². The van der Waals surface area contributed by atoms with E-state index < -0.39 is 0 Å². The summed E-state index contributed by atoms with van der Waals surface area (Å²) in [4.78, 5) is 19.1. The molecule has 3 rings (SSSR count). The van der Waals surface area contributed by atoms with E-state index in [-0.39, 0.29) is 5.91 Å². The minimum atomic E-state index is -0.0426. The SMILES string of the molecule is CCNC(=O)c1ccc(CN=C(NCC)NCc2ccc(CN3CCCC3)cc2)cc1. The average Bonchev–Trinajstić information content (AvgIpc) is 3.30. The summed E-state index contributed by atoms with van der Waals surface area (Å²) in [5, 5.41) is 9.52. The highest BCUT2D eigenvalue weighted by atomic mass is 16.1. The molecule has 1 heterocycles. The van der Waals surface area contributed by atoms with Gasteiger partial charge in [0.1, 0.15) is 0 Å². The lowest BCUT2D eigenvalue weighted by molar-refractivity contribution is 0.0956. The molecule has 2 aromatic rings. The summed E-state index contributed by atoms with van der Waals surface area (Å²) in [7, 11) is 0. The molecule has 0 bridgehead atoms. The molecule has 0 unspecified atom stereocenters. The highest BCUT2D eigenvalue weighted by Crippen LogP contribution is 2.13. The molecule has 0 saturated carbocycles. The van der Waals surface area contributed by atoms with E-state index in [4.69, 9.17) is 0 Å². The van der Waals surface area contributed by atoms with Crippen LogP contribution >= 0.6 is 0 Å². The minimum Gasteiger partial charge on any atom is -0.357 e. The van der Waals surface area contributed by atoms with Crippen LogP contribution in [0.15, 0.2) is 53.5 Å². The van der Waals surface area contributed by atoms with E-state index in [0.29, 0.717) is 18.7 Å². The molecular formula is C25H35N5O. The highest BCUT2D eigenvalue weighted by molar-refractivity contribution is 5.94. The van der Waals surface area contributed by atoms with Gasteiger partial charge in [0.25, 0.3) is 5.91 Å². The van der Waals surface area contributed by atoms with Gasteiger partial charge in [-0.2, -0.15) is 0 Å². The fourth-order valence-corrected chi connectivity index (χ4v) is 3.68. The Balaban J connectivity index is 1.51. The zero-order valence-electron chi connectivity index (χ0n) is 18.8. The normalized spacial score (nSPS) is 14.5. The van der Waals surface area contributed by atoms with Crippen LogP contribution in [-0.2, 0) is 19.6 Å². The van der Waals surface area contributed by atoms with Crippen molar-refractivity contribution in [1.29, 1.82) is 0 Å². The number of amides is 1. The first-order chi connectivity index (χ1) is 15.2. The topological polar surface area (TPSA) is 68.8 Å². The number of carbonyl (C=O) groups excluding carboxylic acids is 1. The fourth-order valence-electron chi connectivity index (χ4n) is 3.68. The Kier molecular flexibility index (Phi) is 8.91. The van der Waals surface area contributed by atoms with Crippen molar-refractivity contribution in [1.82, 2.24) is 20.9 Å². The van der Waals surface area contributed by atoms with E-state index in [9.17, 15) is 4.79 Å². The third-order valence-corrected chi connectivity index (χ3v) is 5.41. The van der Waals surface area contributed by atoms with Crippen molar-refractivity contribution in [2.45, 2.75) is 46.3 Å². The molecule has 0 aromatic heterocycles. The Hall–Kier alpha value is -2.86. The maximum absolute atomic E-state index is 11.9. The molecule has 1 amide bonds. The van der Waals surface area contributed by atoms with Crippen molar-refractivity contribution >= 4 is 11.9 Å². The van der Waals surface area contributed by atoms with Gasteiger partial charge in [0.2, 0.25) is 0 Å². The van der Waals surface area contributed by atoms with Crippen LogP contribution < -0.4 is 16.0 Å². The second-order valence-corrected chi connectivity index (χ2v) is 7.90. The summed E-state index contributed by atoms with van der Waals surface area (Å²) in [6.07, 6.45) is 2.65. The maximum Gasteiger partial charge on any atom is 0.251 e. The van der Waals surface area contributed by atoms with E-state index in [0.717, 1.165) is 31.2 Å². The molecule has 166 valence electrons. The number of aliphatic imine (C=N–C) groups is 1. The van der Waals surface area contributed by atoms with Crippen molar-refractivity contribution in [2.24, 2.45) is 4.99 Å². The zero-order chi connectivity index (χ0) is 21.9. The Morgan fingerprint density at radius 2 is 1.45 bits per heavy atom. The molecule has 1 fully saturated rings. The van der Waals surface area contributed by atoms with Gasteiger partial charge in [-0.3, -0.25) is 9.69 Å². The lowest BCUT2D eigenvalue weighted by Crippen LogP contribution is -2.36. The number of nitrogens with one attached hydrogen (secondary N) is 3. The van der Waals surface area contributed by atoms with Gasteiger partial charge < -0.3 is 16.0 Å². The molecule has 0 spiro atoms. The molecular weight excluding hydrogens is 386 g/mol. The van der Waals surface area contributed by atoms with Gasteiger partial charge in [-0.05, 0) is 68.6 Å². The quantitative estimate of drug-likeness (QED) is 0.429. The summed E-state index contributed by atoms with van der Waals surface area (Å²) in [5.41, 5.74) is 4.36. The standard InChI is InChI=1S/C25H35N5O/c1-3-26-24(31)23-13-11-21(12-14-23)18-29-25(27-4-2)28-17-20-7-9-22(10-8-20)19-30-15-5-6-16-30/h7-14H,3-6,15-19H2,1-2H3,(H,26,31)(H2,27,28,29). The summed E-state index contributed by atoms with van der Waals surface area (Å²) in [6, 6.07) is 16.5. The number of hydrogen-bond acceptors (Lipinski definition) is 3. The van der Waals surface area contributed by atoms with Gasteiger partial charge in [-0.15, -0.1) is 0 Å². The molecule has 0 radical (unpaired) electrons. The van der Waals surface area contributed by atoms with Crippen LogP contribution in [-0.4, -0.2) is 42.9 Å². The van der Waals surface area contributed by atoms with Gasteiger partial charge in [0.05, 0.1) is 6.54 Å². The van der Waals surface area contributed by atoms with E-state index in [1.807, 2.05) is 31.2 Å². The molecule has 1 saturated heterocycles. The van der Waals surface area contributed by atoms with Gasteiger partial charge in [0.15, 0.2) is 5.96 Å². The molecule has 6 nitrogen and oxygen atoms in total. The minimum absolute atomic E-state index is 0.0426. The zero-order valence-corrected chi connectivity index (χ0v) is 18.8. The third-order valence-electron chi connectivity index (χ3n) is 5.41. The predicted molar refractivity (Wildman–Crippen MR) is 127 cm³/mol.